The van der Waals surface area contributed by atoms with E-state index in [1.165, 1.54) is 12.7 Å². The molecule has 0 heterocycles. The monoisotopic (exact) mass is 260 g/mol. The van der Waals surface area contributed by atoms with Gasteiger partial charge in [0, 0.05) is 5.41 Å². The van der Waals surface area contributed by atoms with Gasteiger partial charge in [0.25, 0.3) is 0 Å². The molecule has 3 heteroatoms. The summed E-state index contributed by atoms with van der Waals surface area (Å²) < 4.78 is 4.88. The Bertz CT molecular complexity index is 281. The average molecular weight is 261 g/mol. The molecule has 0 aromatic carbocycles. The van der Waals surface area contributed by atoms with Crippen molar-refractivity contribution in [2.75, 3.05) is 7.11 Å². The summed E-state index contributed by atoms with van der Waals surface area (Å²) in [5, 5.41) is 0. The van der Waals surface area contributed by atoms with Crippen molar-refractivity contribution in [2.45, 2.75) is 33.6 Å². The van der Waals surface area contributed by atoms with Gasteiger partial charge in [0.1, 0.15) is 0 Å². The number of ether oxygens (including phenoxy) is 1. The smallest absolute Gasteiger partial charge is 0.312 e. The summed E-state index contributed by atoms with van der Waals surface area (Å²) in [6.45, 7) is 6.19. The van der Waals surface area contributed by atoms with Crippen LogP contribution >= 0.6 is 15.9 Å². The lowest BCUT2D eigenvalue weighted by atomic mass is 9.68. The Labute approximate surface area is 93.8 Å². The second-order valence-electron chi connectivity index (χ2n) is 4.58. The molecule has 0 amide bonds. The largest absolute Gasteiger partial charge is 0.469 e. The zero-order chi connectivity index (χ0) is 11.0. The topological polar surface area (TPSA) is 26.3 Å². The van der Waals surface area contributed by atoms with Crippen molar-refractivity contribution < 1.29 is 9.53 Å². The molecule has 0 aliphatic heterocycles. The van der Waals surface area contributed by atoms with Crippen LogP contribution in [0, 0.1) is 10.8 Å². The molecule has 1 saturated carbocycles. The molecule has 0 aromatic rings. The number of rotatable bonds is 1. The van der Waals surface area contributed by atoms with E-state index in [2.05, 4.69) is 29.8 Å². The number of hydrogen-bond acceptors (Lipinski definition) is 2. The molecule has 1 aliphatic carbocycles. The van der Waals surface area contributed by atoms with Crippen LogP contribution in [-0.4, -0.2) is 13.1 Å². The highest BCUT2D eigenvalue weighted by molar-refractivity contribution is 9.11. The standard InChI is InChI=1S/C11H17BrO2/c1-10(2)8(7-12)5-6-11(10,3)9(13)14-4/h7H,5-6H2,1-4H3/b8-7+/t11-/m1/s1. The number of methoxy groups -OCH3 is 1. The maximum Gasteiger partial charge on any atom is 0.312 e. The summed E-state index contributed by atoms with van der Waals surface area (Å²) in [6.07, 6.45) is 1.83. The number of allylic oxidation sites excluding steroid dienone is 1. The van der Waals surface area contributed by atoms with Crippen LogP contribution in [0.3, 0.4) is 0 Å². The van der Waals surface area contributed by atoms with E-state index >= 15 is 0 Å². The first-order valence-corrected chi connectivity index (χ1v) is 5.70. The summed E-state index contributed by atoms with van der Waals surface area (Å²) in [6, 6.07) is 0. The minimum absolute atomic E-state index is 0.105. The van der Waals surface area contributed by atoms with Crippen molar-refractivity contribution in [1.82, 2.24) is 0 Å². The van der Waals surface area contributed by atoms with Gasteiger partial charge < -0.3 is 4.74 Å². The lowest BCUT2D eigenvalue weighted by Crippen LogP contribution is -2.39. The second-order valence-corrected chi connectivity index (χ2v) is 5.04. The Morgan fingerprint density at radius 3 is 2.43 bits per heavy atom. The number of hydrogen-bond donors (Lipinski definition) is 0. The van der Waals surface area contributed by atoms with Gasteiger partial charge in [0.2, 0.25) is 0 Å². The minimum Gasteiger partial charge on any atom is -0.469 e. The molecule has 0 bridgehead atoms. The van der Waals surface area contributed by atoms with Crippen LogP contribution < -0.4 is 0 Å². The predicted octanol–water partition coefficient (Wildman–Crippen LogP) is 3.26. The van der Waals surface area contributed by atoms with Crippen molar-refractivity contribution in [1.29, 1.82) is 0 Å². The number of carbonyl (C=O) groups excluding carboxylic acids is 1. The highest BCUT2D eigenvalue weighted by Gasteiger charge is 2.53. The van der Waals surface area contributed by atoms with Gasteiger partial charge in [-0.25, -0.2) is 0 Å². The Kier molecular flexibility index (Phi) is 3.10. The normalized spacial score (nSPS) is 33.4. The van der Waals surface area contributed by atoms with Crippen LogP contribution in [0.25, 0.3) is 0 Å². The third-order valence-electron chi connectivity index (χ3n) is 3.84. The molecular formula is C11H17BrO2. The van der Waals surface area contributed by atoms with Crippen LogP contribution in [0.4, 0.5) is 0 Å². The molecule has 1 fully saturated rings. The molecule has 0 N–H and O–H groups in total. The van der Waals surface area contributed by atoms with Crippen molar-refractivity contribution >= 4 is 21.9 Å². The summed E-state index contributed by atoms with van der Waals surface area (Å²) in [7, 11) is 1.46. The number of carbonyl (C=O) groups is 1. The second kappa shape index (κ2) is 3.69. The fraction of sp³-hybridized carbons (Fsp3) is 0.727. The fourth-order valence-corrected chi connectivity index (χ4v) is 2.94. The summed E-state index contributed by atoms with van der Waals surface area (Å²) >= 11 is 3.36. The maximum atomic E-state index is 11.7. The first kappa shape index (κ1) is 11.8. The average Bonchev–Trinajstić information content (AvgIpc) is 2.38. The maximum absolute atomic E-state index is 11.7. The van der Waals surface area contributed by atoms with E-state index in [-0.39, 0.29) is 16.8 Å². The molecular weight excluding hydrogens is 244 g/mol. The Morgan fingerprint density at radius 2 is 2.07 bits per heavy atom. The van der Waals surface area contributed by atoms with Gasteiger partial charge in [-0.05, 0) is 24.8 Å². The van der Waals surface area contributed by atoms with Crippen molar-refractivity contribution in [2.24, 2.45) is 10.8 Å². The van der Waals surface area contributed by atoms with Gasteiger partial charge >= 0.3 is 5.97 Å². The first-order valence-electron chi connectivity index (χ1n) is 4.78. The Morgan fingerprint density at radius 1 is 1.50 bits per heavy atom. The molecule has 0 radical (unpaired) electrons. The molecule has 1 atom stereocenters. The van der Waals surface area contributed by atoms with E-state index in [1.807, 2.05) is 11.9 Å². The first-order chi connectivity index (χ1) is 6.40. The van der Waals surface area contributed by atoms with Gasteiger partial charge in [-0.1, -0.05) is 35.4 Å². The minimum atomic E-state index is -0.388. The predicted molar refractivity (Wildman–Crippen MR) is 60.1 cm³/mol. The van der Waals surface area contributed by atoms with Crippen LogP contribution in [0.1, 0.15) is 33.6 Å². The zero-order valence-electron chi connectivity index (χ0n) is 9.19. The Hall–Kier alpha value is -0.310. The summed E-state index contributed by atoms with van der Waals surface area (Å²) in [5.74, 6) is -0.105. The van der Waals surface area contributed by atoms with Gasteiger partial charge in [-0.2, -0.15) is 0 Å². The highest BCUT2D eigenvalue weighted by Crippen LogP contribution is 2.56. The van der Waals surface area contributed by atoms with E-state index in [1.54, 1.807) is 0 Å². The van der Waals surface area contributed by atoms with Gasteiger partial charge in [0.05, 0.1) is 12.5 Å². The van der Waals surface area contributed by atoms with E-state index in [0.717, 1.165) is 12.8 Å². The highest BCUT2D eigenvalue weighted by atomic mass is 79.9. The van der Waals surface area contributed by atoms with E-state index in [9.17, 15) is 4.79 Å². The van der Waals surface area contributed by atoms with Gasteiger partial charge in [-0.15, -0.1) is 0 Å². The van der Waals surface area contributed by atoms with Crippen LogP contribution in [0.5, 0.6) is 0 Å². The zero-order valence-corrected chi connectivity index (χ0v) is 10.8. The molecule has 0 saturated heterocycles. The molecule has 1 aliphatic rings. The van der Waals surface area contributed by atoms with Crippen molar-refractivity contribution in [3.63, 3.8) is 0 Å². The molecule has 0 aromatic heterocycles. The number of esters is 1. The van der Waals surface area contributed by atoms with Gasteiger partial charge in [-0.3, -0.25) is 4.79 Å². The molecule has 1 rings (SSSR count). The third-order valence-corrected chi connectivity index (χ3v) is 4.40. The SMILES string of the molecule is COC(=O)[C@@]1(C)CC/C(=C\Br)C1(C)C. The van der Waals surface area contributed by atoms with Crippen molar-refractivity contribution in [3.8, 4) is 0 Å². The van der Waals surface area contributed by atoms with E-state index < -0.39 is 0 Å². The lowest BCUT2D eigenvalue weighted by molar-refractivity contribution is -0.156. The number of halogens is 1. The van der Waals surface area contributed by atoms with Crippen LogP contribution in [0.2, 0.25) is 0 Å². The molecule has 14 heavy (non-hydrogen) atoms. The quantitative estimate of drug-likeness (QED) is 0.677. The van der Waals surface area contributed by atoms with Gasteiger partial charge in [0.15, 0.2) is 0 Å². The third kappa shape index (κ3) is 1.42. The van der Waals surface area contributed by atoms with E-state index in [0.29, 0.717) is 0 Å². The molecule has 80 valence electrons. The molecule has 2 nitrogen and oxygen atoms in total. The molecule has 0 unspecified atom stereocenters. The Balaban J connectivity index is 3.10. The lowest BCUT2D eigenvalue weighted by Gasteiger charge is -2.36. The van der Waals surface area contributed by atoms with Crippen LogP contribution in [-0.2, 0) is 9.53 Å². The van der Waals surface area contributed by atoms with E-state index in [4.69, 9.17) is 4.74 Å². The summed E-state index contributed by atoms with van der Waals surface area (Å²) in [5.41, 5.74) is 0.774. The fourth-order valence-electron chi connectivity index (χ4n) is 2.14. The van der Waals surface area contributed by atoms with Crippen LogP contribution in [0.15, 0.2) is 10.6 Å². The van der Waals surface area contributed by atoms with Crippen molar-refractivity contribution in [3.05, 3.63) is 10.6 Å². The summed E-state index contributed by atoms with van der Waals surface area (Å²) in [4.78, 5) is 13.7. The molecule has 0 spiro atoms.